The molecule has 0 unspecified atom stereocenters. The molecule has 4 aromatic rings. The number of carbonyl (C=O) groups is 1. The number of aromatic carboxylic acids is 1. The summed E-state index contributed by atoms with van der Waals surface area (Å²) in [6, 6.07) is 11.7. The predicted octanol–water partition coefficient (Wildman–Crippen LogP) is 3.85. The van der Waals surface area contributed by atoms with Gasteiger partial charge in [-0.15, -0.1) is 0 Å². The zero-order valence-electron chi connectivity index (χ0n) is 11.8. The van der Waals surface area contributed by atoms with Gasteiger partial charge in [0.1, 0.15) is 11.4 Å². The van der Waals surface area contributed by atoms with Crippen LogP contribution in [-0.2, 0) is 0 Å². The highest BCUT2D eigenvalue weighted by Gasteiger charge is 2.17. The minimum atomic E-state index is -1.01. The van der Waals surface area contributed by atoms with Gasteiger partial charge in [-0.1, -0.05) is 0 Å². The standard InChI is InChI=1S/C17H10N2O4/c20-17(21)10-5-6-11-12(9-10)19-16(14-4-2-8-23-14)15(18-11)13-3-1-7-22-13/h1-9H,(H,20,21). The van der Waals surface area contributed by atoms with E-state index in [9.17, 15) is 4.79 Å². The Kier molecular flexibility index (Phi) is 2.94. The van der Waals surface area contributed by atoms with E-state index in [0.29, 0.717) is 33.9 Å². The fourth-order valence-corrected chi connectivity index (χ4v) is 2.36. The molecule has 3 heterocycles. The minimum absolute atomic E-state index is 0.156. The Morgan fingerprint density at radius 3 is 2.00 bits per heavy atom. The van der Waals surface area contributed by atoms with Crippen molar-refractivity contribution in [3.05, 3.63) is 60.6 Å². The zero-order valence-corrected chi connectivity index (χ0v) is 11.8. The second-order valence-corrected chi connectivity index (χ2v) is 4.88. The zero-order chi connectivity index (χ0) is 15.8. The third kappa shape index (κ3) is 2.26. The lowest BCUT2D eigenvalue weighted by Crippen LogP contribution is -1.99. The molecule has 0 aliphatic carbocycles. The Morgan fingerprint density at radius 1 is 0.870 bits per heavy atom. The number of benzene rings is 1. The first-order valence-corrected chi connectivity index (χ1v) is 6.85. The summed E-state index contributed by atoms with van der Waals surface area (Å²) in [5.41, 5.74) is 2.26. The Balaban J connectivity index is 2.02. The maximum absolute atomic E-state index is 11.1. The average Bonchev–Trinajstić information content (AvgIpc) is 3.26. The molecule has 1 aromatic carbocycles. The lowest BCUT2D eigenvalue weighted by Gasteiger charge is -2.07. The Bertz CT molecular complexity index is 989. The smallest absolute Gasteiger partial charge is 0.335 e. The molecule has 112 valence electrons. The van der Waals surface area contributed by atoms with Crippen LogP contribution in [0.5, 0.6) is 0 Å². The number of carboxylic acids is 1. The van der Waals surface area contributed by atoms with Crippen LogP contribution in [0.15, 0.2) is 63.8 Å². The van der Waals surface area contributed by atoms with E-state index < -0.39 is 5.97 Å². The van der Waals surface area contributed by atoms with Crippen LogP contribution >= 0.6 is 0 Å². The summed E-state index contributed by atoms with van der Waals surface area (Å²) in [5, 5.41) is 9.12. The quantitative estimate of drug-likeness (QED) is 0.618. The predicted molar refractivity (Wildman–Crippen MR) is 81.9 cm³/mol. The number of nitrogens with zero attached hydrogens (tertiary/aromatic N) is 2. The molecular weight excluding hydrogens is 296 g/mol. The van der Waals surface area contributed by atoms with Gasteiger partial charge in [-0.25, -0.2) is 14.8 Å². The van der Waals surface area contributed by atoms with Gasteiger partial charge in [0, 0.05) is 0 Å². The summed E-state index contributed by atoms with van der Waals surface area (Å²) in [6.45, 7) is 0. The number of aromatic nitrogens is 2. The van der Waals surface area contributed by atoms with Gasteiger partial charge in [-0.3, -0.25) is 0 Å². The Hall–Kier alpha value is -3.41. The molecule has 6 heteroatoms. The van der Waals surface area contributed by atoms with Crippen molar-refractivity contribution >= 4 is 17.0 Å². The van der Waals surface area contributed by atoms with Gasteiger partial charge in [0.2, 0.25) is 0 Å². The summed E-state index contributed by atoms with van der Waals surface area (Å²) < 4.78 is 10.9. The topological polar surface area (TPSA) is 89.4 Å². The largest absolute Gasteiger partial charge is 0.478 e. The molecule has 0 radical (unpaired) electrons. The van der Waals surface area contributed by atoms with Crippen LogP contribution in [0.4, 0.5) is 0 Å². The molecule has 23 heavy (non-hydrogen) atoms. The maximum atomic E-state index is 11.1. The Labute approximate surface area is 130 Å². The number of hydrogen-bond donors (Lipinski definition) is 1. The van der Waals surface area contributed by atoms with Gasteiger partial charge < -0.3 is 13.9 Å². The van der Waals surface area contributed by atoms with E-state index in [1.54, 1.807) is 42.9 Å². The first-order chi connectivity index (χ1) is 11.2. The Morgan fingerprint density at radius 2 is 1.48 bits per heavy atom. The first kappa shape index (κ1) is 13.3. The van der Waals surface area contributed by atoms with Gasteiger partial charge in [0.05, 0.1) is 29.1 Å². The third-order valence-electron chi connectivity index (χ3n) is 3.42. The summed E-state index contributed by atoms with van der Waals surface area (Å²) in [5.74, 6) is 0.0861. The summed E-state index contributed by atoms with van der Waals surface area (Å²) in [4.78, 5) is 20.2. The second kappa shape index (κ2) is 5.10. The van der Waals surface area contributed by atoms with E-state index in [-0.39, 0.29) is 5.56 Å². The molecule has 0 fully saturated rings. The number of hydrogen-bond acceptors (Lipinski definition) is 5. The molecule has 0 saturated heterocycles. The van der Waals surface area contributed by atoms with Crippen LogP contribution in [0, 0.1) is 0 Å². The van der Waals surface area contributed by atoms with Crippen LogP contribution in [0.25, 0.3) is 33.9 Å². The lowest BCUT2D eigenvalue weighted by atomic mass is 10.1. The molecule has 0 atom stereocenters. The number of rotatable bonds is 3. The molecule has 0 spiro atoms. The monoisotopic (exact) mass is 306 g/mol. The molecule has 0 aliphatic rings. The van der Waals surface area contributed by atoms with Crippen molar-refractivity contribution in [2.45, 2.75) is 0 Å². The highest BCUT2D eigenvalue weighted by atomic mass is 16.4. The minimum Gasteiger partial charge on any atom is -0.478 e. The summed E-state index contributed by atoms with van der Waals surface area (Å²) in [6.07, 6.45) is 3.10. The van der Waals surface area contributed by atoms with Crippen LogP contribution in [-0.4, -0.2) is 21.0 Å². The van der Waals surface area contributed by atoms with Crippen LogP contribution in [0.3, 0.4) is 0 Å². The van der Waals surface area contributed by atoms with Gasteiger partial charge in [0.25, 0.3) is 0 Å². The van der Waals surface area contributed by atoms with Crippen molar-refractivity contribution in [1.82, 2.24) is 9.97 Å². The fourth-order valence-electron chi connectivity index (χ4n) is 2.36. The van der Waals surface area contributed by atoms with Gasteiger partial charge in [0.15, 0.2) is 11.5 Å². The fraction of sp³-hybridized carbons (Fsp3) is 0. The normalized spacial score (nSPS) is 11.0. The van der Waals surface area contributed by atoms with Crippen molar-refractivity contribution < 1.29 is 18.7 Å². The van der Waals surface area contributed by atoms with Gasteiger partial charge in [-0.2, -0.15) is 0 Å². The third-order valence-corrected chi connectivity index (χ3v) is 3.42. The highest BCUT2D eigenvalue weighted by molar-refractivity contribution is 5.93. The van der Waals surface area contributed by atoms with E-state index in [2.05, 4.69) is 9.97 Å². The van der Waals surface area contributed by atoms with Crippen molar-refractivity contribution in [3.63, 3.8) is 0 Å². The lowest BCUT2D eigenvalue weighted by molar-refractivity contribution is 0.0697. The molecule has 1 N–H and O–H groups in total. The van der Waals surface area contributed by atoms with Crippen LogP contribution < -0.4 is 0 Å². The van der Waals surface area contributed by atoms with E-state index in [4.69, 9.17) is 13.9 Å². The molecular formula is C17H10N2O4. The summed E-state index contributed by atoms with van der Waals surface area (Å²) >= 11 is 0. The van der Waals surface area contributed by atoms with E-state index in [1.807, 2.05) is 0 Å². The van der Waals surface area contributed by atoms with Gasteiger partial charge in [-0.05, 0) is 42.5 Å². The van der Waals surface area contributed by atoms with E-state index in [1.165, 1.54) is 12.1 Å². The molecule has 0 saturated carbocycles. The summed E-state index contributed by atoms with van der Waals surface area (Å²) in [7, 11) is 0. The van der Waals surface area contributed by atoms with Crippen molar-refractivity contribution in [3.8, 4) is 22.9 Å². The van der Waals surface area contributed by atoms with E-state index in [0.717, 1.165) is 0 Å². The second-order valence-electron chi connectivity index (χ2n) is 4.88. The molecule has 0 aliphatic heterocycles. The first-order valence-electron chi connectivity index (χ1n) is 6.85. The maximum Gasteiger partial charge on any atom is 0.335 e. The van der Waals surface area contributed by atoms with Crippen molar-refractivity contribution in [1.29, 1.82) is 0 Å². The number of carboxylic acid groups (broad SMARTS) is 1. The van der Waals surface area contributed by atoms with Crippen LogP contribution in [0.1, 0.15) is 10.4 Å². The number of fused-ring (bicyclic) bond motifs is 1. The molecule has 0 bridgehead atoms. The van der Waals surface area contributed by atoms with E-state index >= 15 is 0 Å². The molecule has 3 aromatic heterocycles. The molecule has 4 rings (SSSR count). The van der Waals surface area contributed by atoms with Crippen molar-refractivity contribution in [2.75, 3.05) is 0 Å². The highest BCUT2D eigenvalue weighted by Crippen LogP contribution is 2.31. The SMILES string of the molecule is O=C(O)c1ccc2nc(-c3ccco3)c(-c3ccco3)nc2c1. The number of furan rings is 2. The average molecular weight is 306 g/mol. The molecule has 0 amide bonds. The van der Waals surface area contributed by atoms with Crippen LogP contribution in [0.2, 0.25) is 0 Å². The van der Waals surface area contributed by atoms with Gasteiger partial charge >= 0.3 is 5.97 Å². The van der Waals surface area contributed by atoms with Crippen molar-refractivity contribution in [2.24, 2.45) is 0 Å². The molecule has 6 nitrogen and oxygen atoms in total.